The lowest BCUT2D eigenvalue weighted by Crippen LogP contribution is -2.33. The van der Waals surface area contributed by atoms with Crippen molar-refractivity contribution in [3.8, 4) is 5.75 Å². The van der Waals surface area contributed by atoms with Gasteiger partial charge >= 0.3 is 0 Å². The minimum atomic E-state index is -1.36. The van der Waals surface area contributed by atoms with Crippen molar-refractivity contribution in [2.24, 2.45) is 0 Å². The van der Waals surface area contributed by atoms with Crippen LogP contribution in [-0.4, -0.2) is 26.8 Å². The summed E-state index contributed by atoms with van der Waals surface area (Å²) in [6.07, 6.45) is -0.0731. The zero-order chi connectivity index (χ0) is 13.2. The zero-order valence-electron chi connectivity index (χ0n) is 11.1. The van der Waals surface area contributed by atoms with Crippen LogP contribution in [0.15, 0.2) is 18.2 Å². The lowest BCUT2D eigenvalue weighted by Gasteiger charge is -2.26. The molecule has 0 aromatic heterocycles. The van der Waals surface area contributed by atoms with Crippen LogP contribution in [0.2, 0.25) is 0 Å². The maximum absolute atomic E-state index is 14.0. The SMILES string of the molecule is COc1ccc(C(C)(C)F)cc1C1CNCCO1. The average molecular weight is 253 g/mol. The second-order valence-electron chi connectivity index (χ2n) is 4.99. The second-order valence-corrected chi connectivity index (χ2v) is 4.99. The van der Waals surface area contributed by atoms with Gasteiger partial charge in [0.25, 0.3) is 0 Å². The van der Waals surface area contributed by atoms with Crippen molar-refractivity contribution in [3.05, 3.63) is 29.3 Å². The molecule has 1 saturated heterocycles. The highest BCUT2D eigenvalue weighted by Gasteiger charge is 2.24. The summed E-state index contributed by atoms with van der Waals surface area (Å²) in [6, 6.07) is 5.42. The molecule has 0 aliphatic carbocycles. The number of halogens is 1. The van der Waals surface area contributed by atoms with Crippen LogP contribution in [0, 0.1) is 0 Å². The van der Waals surface area contributed by atoms with E-state index in [1.165, 1.54) is 0 Å². The van der Waals surface area contributed by atoms with E-state index in [0.29, 0.717) is 12.2 Å². The molecular formula is C14H20FNO2. The maximum Gasteiger partial charge on any atom is 0.130 e. The Bertz CT molecular complexity index is 409. The molecule has 1 aromatic rings. The van der Waals surface area contributed by atoms with Gasteiger partial charge in [0.05, 0.1) is 19.8 Å². The number of alkyl halides is 1. The smallest absolute Gasteiger partial charge is 0.130 e. The molecule has 0 amide bonds. The van der Waals surface area contributed by atoms with E-state index in [0.717, 1.165) is 24.4 Å². The number of benzene rings is 1. The normalized spacial score (nSPS) is 20.8. The highest BCUT2D eigenvalue weighted by Crippen LogP contribution is 2.34. The van der Waals surface area contributed by atoms with E-state index in [4.69, 9.17) is 9.47 Å². The first-order valence-electron chi connectivity index (χ1n) is 6.22. The number of morpholine rings is 1. The molecule has 0 saturated carbocycles. The summed E-state index contributed by atoms with van der Waals surface area (Å²) in [6.45, 7) is 5.35. The van der Waals surface area contributed by atoms with Gasteiger partial charge in [-0.15, -0.1) is 0 Å². The molecule has 1 N–H and O–H groups in total. The molecule has 1 aliphatic heterocycles. The van der Waals surface area contributed by atoms with E-state index in [-0.39, 0.29) is 6.10 Å². The predicted octanol–water partition coefficient (Wildman–Crippen LogP) is 2.56. The Balaban J connectivity index is 2.35. The molecular weight excluding hydrogens is 233 g/mol. The fraction of sp³-hybridized carbons (Fsp3) is 0.571. The van der Waals surface area contributed by atoms with Crippen LogP contribution in [0.1, 0.15) is 31.1 Å². The van der Waals surface area contributed by atoms with Crippen molar-refractivity contribution in [3.63, 3.8) is 0 Å². The van der Waals surface area contributed by atoms with Gasteiger partial charge in [0.1, 0.15) is 11.4 Å². The first-order chi connectivity index (χ1) is 8.52. The summed E-state index contributed by atoms with van der Waals surface area (Å²) < 4.78 is 25.1. The molecule has 1 fully saturated rings. The Kier molecular flexibility index (Phi) is 3.88. The molecule has 0 spiro atoms. The molecule has 1 aromatic carbocycles. The van der Waals surface area contributed by atoms with E-state index in [2.05, 4.69) is 5.32 Å². The molecule has 1 heterocycles. The van der Waals surface area contributed by atoms with Crippen LogP contribution in [-0.2, 0) is 10.4 Å². The first kappa shape index (κ1) is 13.3. The fourth-order valence-electron chi connectivity index (χ4n) is 2.12. The van der Waals surface area contributed by atoms with Gasteiger partial charge < -0.3 is 14.8 Å². The lowest BCUT2D eigenvalue weighted by atomic mass is 9.95. The number of nitrogens with one attached hydrogen (secondary N) is 1. The largest absolute Gasteiger partial charge is 0.496 e. The van der Waals surface area contributed by atoms with E-state index in [1.807, 2.05) is 12.1 Å². The van der Waals surface area contributed by atoms with Crippen molar-refractivity contribution in [2.75, 3.05) is 26.8 Å². The molecule has 0 bridgehead atoms. The van der Waals surface area contributed by atoms with E-state index >= 15 is 0 Å². The molecule has 0 radical (unpaired) electrons. The van der Waals surface area contributed by atoms with Gasteiger partial charge in [-0.1, -0.05) is 6.07 Å². The van der Waals surface area contributed by atoms with Crippen LogP contribution in [0.5, 0.6) is 5.75 Å². The summed E-state index contributed by atoms with van der Waals surface area (Å²) in [5.41, 5.74) is 0.198. The molecule has 18 heavy (non-hydrogen) atoms. The van der Waals surface area contributed by atoms with Crippen LogP contribution in [0.4, 0.5) is 4.39 Å². The molecule has 4 heteroatoms. The van der Waals surface area contributed by atoms with Crippen molar-refractivity contribution >= 4 is 0 Å². The molecule has 3 nitrogen and oxygen atoms in total. The standard InChI is InChI=1S/C14H20FNO2/c1-14(2,15)10-4-5-12(17-3)11(8-10)13-9-16-6-7-18-13/h4-5,8,13,16H,6-7,9H2,1-3H3. The molecule has 100 valence electrons. The number of hydrogen-bond donors (Lipinski definition) is 1. The first-order valence-corrected chi connectivity index (χ1v) is 6.22. The maximum atomic E-state index is 14.0. The highest BCUT2D eigenvalue weighted by atomic mass is 19.1. The minimum absolute atomic E-state index is 0.0731. The van der Waals surface area contributed by atoms with E-state index in [1.54, 1.807) is 27.0 Å². The van der Waals surface area contributed by atoms with Gasteiger partial charge in [-0.3, -0.25) is 0 Å². The molecule has 1 atom stereocenters. The molecule has 1 unspecified atom stereocenters. The third kappa shape index (κ3) is 2.82. The third-order valence-electron chi connectivity index (χ3n) is 3.19. The van der Waals surface area contributed by atoms with Crippen molar-refractivity contribution in [1.29, 1.82) is 0 Å². The Hall–Kier alpha value is -1.13. The number of rotatable bonds is 3. The quantitative estimate of drug-likeness (QED) is 0.898. The topological polar surface area (TPSA) is 30.5 Å². The van der Waals surface area contributed by atoms with Gasteiger partial charge in [0.2, 0.25) is 0 Å². The molecule has 2 rings (SSSR count). The summed E-state index contributed by atoms with van der Waals surface area (Å²) in [4.78, 5) is 0. The van der Waals surface area contributed by atoms with E-state index < -0.39 is 5.67 Å². The van der Waals surface area contributed by atoms with Crippen molar-refractivity contribution < 1.29 is 13.9 Å². The van der Waals surface area contributed by atoms with Gasteiger partial charge in [-0.2, -0.15) is 0 Å². The van der Waals surface area contributed by atoms with Crippen molar-refractivity contribution in [1.82, 2.24) is 5.32 Å². The summed E-state index contributed by atoms with van der Waals surface area (Å²) in [7, 11) is 1.62. The van der Waals surface area contributed by atoms with Crippen molar-refractivity contribution in [2.45, 2.75) is 25.6 Å². The predicted molar refractivity (Wildman–Crippen MR) is 68.7 cm³/mol. The Morgan fingerprint density at radius 1 is 1.44 bits per heavy atom. The summed E-state index contributed by atoms with van der Waals surface area (Å²) in [5, 5.41) is 3.27. The van der Waals surface area contributed by atoms with Crippen LogP contribution in [0.25, 0.3) is 0 Å². The van der Waals surface area contributed by atoms with Gasteiger partial charge in [-0.25, -0.2) is 4.39 Å². The van der Waals surface area contributed by atoms with Gasteiger partial charge in [0.15, 0.2) is 0 Å². The third-order valence-corrected chi connectivity index (χ3v) is 3.19. The fourth-order valence-corrected chi connectivity index (χ4v) is 2.12. The summed E-state index contributed by atoms with van der Waals surface area (Å²) in [5.74, 6) is 0.747. The summed E-state index contributed by atoms with van der Waals surface area (Å²) >= 11 is 0. The average Bonchev–Trinajstić information content (AvgIpc) is 2.38. The van der Waals surface area contributed by atoms with Crippen LogP contribution in [0.3, 0.4) is 0 Å². The van der Waals surface area contributed by atoms with Crippen LogP contribution < -0.4 is 10.1 Å². The monoisotopic (exact) mass is 253 g/mol. The number of ether oxygens (including phenoxy) is 2. The van der Waals surface area contributed by atoms with Gasteiger partial charge in [-0.05, 0) is 31.5 Å². The minimum Gasteiger partial charge on any atom is -0.496 e. The Labute approximate surface area is 107 Å². The lowest BCUT2D eigenvalue weighted by molar-refractivity contribution is 0.0261. The van der Waals surface area contributed by atoms with Crippen LogP contribution >= 0.6 is 0 Å². The Morgan fingerprint density at radius 2 is 2.22 bits per heavy atom. The van der Waals surface area contributed by atoms with E-state index in [9.17, 15) is 4.39 Å². The van der Waals surface area contributed by atoms with Gasteiger partial charge in [0, 0.05) is 18.7 Å². The molecule has 1 aliphatic rings. The second kappa shape index (κ2) is 5.24. The number of methoxy groups -OCH3 is 1. The highest BCUT2D eigenvalue weighted by molar-refractivity contribution is 5.41. The zero-order valence-corrected chi connectivity index (χ0v) is 11.1. The number of hydrogen-bond acceptors (Lipinski definition) is 3. The Morgan fingerprint density at radius 3 is 2.78 bits per heavy atom.